The van der Waals surface area contributed by atoms with Crippen LogP contribution in [0.2, 0.25) is 0 Å². The Kier molecular flexibility index (Phi) is 4.71. The molecule has 0 bridgehead atoms. The van der Waals surface area contributed by atoms with Crippen LogP contribution in [0.3, 0.4) is 0 Å². The van der Waals surface area contributed by atoms with E-state index in [9.17, 15) is 0 Å². The molecule has 0 aliphatic heterocycles. The Morgan fingerprint density at radius 2 is 1.30 bits per heavy atom. The van der Waals surface area contributed by atoms with Crippen LogP contribution in [0.1, 0.15) is 66.8 Å². The van der Waals surface area contributed by atoms with Crippen LogP contribution in [-0.4, -0.2) is 0 Å². The Morgan fingerprint density at radius 1 is 0.783 bits per heavy atom. The van der Waals surface area contributed by atoms with E-state index in [-0.39, 0.29) is 0 Å². The van der Waals surface area contributed by atoms with E-state index in [1.165, 1.54) is 61.1 Å². The number of allylic oxidation sites excluding steroid dienone is 2. The number of aromatic nitrogens is 1. The summed E-state index contributed by atoms with van der Waals surface area (Å²) >= 11 is 0. The first-order chi connectivity index (χ1) is 10.6. The van der Waals surface area contributed by atoms with Gasteiger partial charge in [0.25, 0.3) is 0 Å². The predicted molar refractivity (Wildman–Crippen MR) is 102 cm³/mol. The highest BCUT2D eigenvalue weighted by molar-refractivity contribution is 5.90. The van der Waals surface area contributed by atoms with E-state index in [0.717, 1.165) is 6.42 Å². The third-order valence-electron chi connectivity index (χ3n) is 5.90. The fraction of sp³-hybridized carbons (Fsp3) is 0.500. The van der Waals surface area contributed by atoms with Crippen LogP contribution in [0, 0.1) is 34.6 Å². The standard InChI is InChI=1S/C22H32N/c1-11-19-18(9)20-16(7)14(5)15(6)17(8)22(20)23(10)21(19)13(4)12(2)3/h11H2,1-10H3/q+1. The van der Waals surface area contributed by atoms with Gasteiger partial charge in [-0.3, -0.25) is 0 Å². The molecule has 0 aliphatic carbocycles. The van der Waals surface area contributed by atoms with Crippen molar-refractivity contribution in [2.45, 2.75) is 68.7 Å². The maximum Gasteiger partial charge on any atom is 0.216 e. The minimum absolute atomic E-state index is 1.07. The van der Waals surface area contributed by atoms with Crippen molar-refractivity contribution >= 4 is 16.5 Å². The number of fused-ring (bicyclic) bond motifs is 1. The minimum Gasteiger partial charge on any atom is -0.194 e. The largest absolute Gasteiger partial charge is 0.216 e. The lowest BCUT2D eigenvalue weighted by Crippen LogP contribution is -2.37. The molecule has 0 unspecified atom stereocenters. The van der Waals surface area contributed by atoms with Crippen LogP contribution in [0.4, 0.5) is 0 Å². The Bertz CT molecular complexity index is 832. The summed E-state index contributed by atoms with van der Waals surface area (Å²) in [5.41, 5.74) is 14.3. The molecule has 124 valence electrons. The predicted octanol–water partition coefficient (Wildman–Crippen LogP) is 5.58. The van der Waals surface area contributed by atoms with Gasteiger partial charge in [-0.2, -0.15) is 4.57 Å². The van der Waals surface area contributed by atoms with Crippen molar-refractivity contribution in [1.29, 1.82) is 0 Å². The molecule has 2 rings (SSSR count). The lowest BCUT2D eigenvalue weighted by molar-refractivity contribution is -0.648. The van der Waals surface area contributed by atoms with Gasteiger partial charge in [-0.15, -0.1) is 0 Å². The molecule has 1 aromatic heterocycles. The average Bonchev–Trinajstić information content (AvgIpc) is 2.51. The molecule has 2 aromatic rings. The van der Waals surface area contributed by atoms with Gasteiger partial charge in [-0.25, -0.2) is 0 Å². The van der Waals surface area contributed by atoms with Crippen molar-refractivity contribution in [3.63, 3.8) is 0 Å². The summed E-state index contributed by atoms with van der Waals surface area (Å²) in [5.74, 6) is 0. The summed E-state index contributed by atoms with van der Waals surface area (Å²) in [4.78, 5) is 0. The van der Waals surface area contributed by atoms with Gasteiger partial charge in [-0.05, 0) is 84.1 Å². The Labute approximate surface area is 142 Å². The molecule has 0 aliphatic rings. The fourth-order valence-electron chi connectivity index (χ4n) is 3.96. The molecule has 0 radical (unpaired) electrons. The number of rotatable bonds is 2. The van der Waals surface area contributed by atoms with Crippen molar-refractivity contribution in [1.82, 2.24) is 0 Å². The normalized spacial score (nSPS) is 11.2. The summed E-state index contributed by atoms with van der Waals surface area (Å²) in [7, 11) is 2.24. The molecule has 0 spiro atoms. The van der Waals surface area contributed by atoms with E-state index in [1.807, 2.05) is 0 Å². The molecule has 0 atom stereocenters. The molecular weight excluding hydrogens is 278 g/mol. The summed E-state index contributed by atoms with van der Waals surface area (Å²) in [6, 6.07) is 0. The smallest absolute Gasteiger partial charge is 0.194 e. The Morgan fingerprint density at radius 3 is 1.78 bits per heavy atom. The summed E-state index contributed by atoms with van der Waals surface area (Å²) < 4.78 is 2.44. The zero-order chi connectivity index (χ0) is 17.6. The van der Waals surface area contributed by atoms with Crippen LogP contribution in [0.15, 0.2) is 5.57 Å². The van der Waals surface area contributed by atoms with Gasteiger partial charge in [0, 0.05) is 16.7 Å². The number of hydrogen-bond donors (Lipinski definition) is 0. The first-order valence-corrected chi connectivity index (χ1v) is 8.71. The van der Waals surface area contributed by atoms with Gasteiger partial charge >= 0.3 is 0 Å². The van der Waals surface area contributed by atoms with Crippen molar-refractivity contribution in [2.24, 2.45) is 7.05 Å². The molecule has 0 amide bonds. The molecule has 0 saturated heterocycles. The highest BCUT2D eigenvalue weighted by Crippen LogP contribution is 2.33. The van der Waals surface area contributed by atoms with E-state index in [2.05, 4.69) is 73.9 Å². The number of benzene rings is 1. The van der Waals surface area contributed by atoms with Crippen molar-refractivity contribution in [3.05, 3.63) is 44.6 Å². The highest BCUT2D eigenvalue weighted by Gasteiger charge is 2.26. The van der Waals surface area contributed by atoms with Crippen LogP contribution in [0.25, 0.3) is 16.5 Å². The molecule has 1 heterocycles. The summed E-state index contributed by atoms with van der Waals surface area (Å²) in [6.45, 7) is 20.4. The topological polar surface area (TPSA) is 3.88 Å². The lowest BCUT2D eigenvalue weighted by Gasteiger charge is -2.19. The monoisotopic (exact) mass is 310 g/mol. The first kappa shape index (κ1) is 17.7. The van der Waals surface area contributed by atoms with Crippen LogP contribution in [0.5, 0.6) is 0 Å². The first-order valence-electron chi connectivity index (χ1n) is 8.71. The molecular formula is C22H32N+. The second-order valence-electron chi connectivity index (χ2n) is 7.21. The van der Waals surface area contributed by atoms with Gasteiger partial charge in [0.1, 0.15) is 7.05 Å². The second-order valence-corrected chi connectivity index (χ2v) is 7.21. The average molecular weight is 311 g/mol. The third kappa shape index (κ3) is 2.51. The van der Waals surface area contributed by atoms with Crippen LogP contribution >= 0.6 is 0 Å². The molecule has 1 nitrogen and oxygen atoms in total. The zero-order valence-electron chi connectivity index (χ0n) is 16.7. The maximum atomic E-state index is 2.44. The molecule has 23 heavy (non-hydrogen) atoms. The van der Waals surface area contributed by atoms with E-state index in [1.54, 1.807) is 0 Å². The molecule has 1 heteroatoms. The highest BCUT2D eigenvalue weighted by atomic mass is 14.9. The van der Waals surface area contributed by atoms with E-state index >= 15 is 0 Å². The van der Waals surface area contributed by atoms with Crippen LogP contribution in [-0.2, 0) is 13.5 Å². The van der Waals surface area contributed by atoms with Gasteiger partial charge in [0.2, 0.25) is 11.2 Å². The maximum absolute atomic E-state index is 2.44. The molecule has 1 aromatic carbocycles. The fourth-order valence-corrected chi connectivity index (χ4v) is 3.96. The van der Waals surface area contributed by atoms with Crippen molar-refractivity contribution < 1.29 is 4.57 Å². The third-order valence-corrected chi connectivity index (χ3v) is 5.90. The number of pyridine rings is 1. The number of hydrogen-bond acceptors (Lipinski definition) is 0. The SMILES string of the molecule is CCc1c(C)c2c(C)c(C)c(C)c(C)c2[n+](C)c1C(C)=C(C)C. The minimum atomic E-state index is 1.07. The number of nitrogens with zero attached hydrogens (tertiary/aromatic N) is 1. The van der Waals surface area contributed by atoms with E-state index in [0.29, 0.717) is 0 Å². The number of aryl methyl sites for hydroxylation is 4. The molecule has 0 saturated carbocycles. The van der Waals surface area contributed by atoms with Crippen molar-refractivity contribution in [3.8, 4) is 0 Å². The van der Waals surface area contributed by atoms with Gasteiger partial charge in [0.05, 0.1) is 5.39 Å². The van der Waals surface area contributed by atoms with Gasteiger partial charge in [0.15, 0.2) is 0 Å². The second kappa shape index (κ2) is 6.11. The van der Waals surface area contributed by atoms with Gasteiger partial charge in [-0.1, -0.05) is 12.5 Å². The molecule has 0 N–H and O–H groups in total. The Balaban J connectivity index is 3.21. The quantitative estimate of drug-likeness (QED) is 0.637. The van der Waals surface area contributed by atoms with Crippen LogP contribution < -0.4 is 4.57 Å². The van der Waals surface area contributed by atoms with Gasteiger partial charge < -0.3 is 0 Å². The molecule has 0 fully saturated rings. The van der Waals surface area contributed by atoms with Crippen molar-refractivity contribution in [2.75, 3.05) is 0 Å². The van der Waals surface area contributed by atoms with E-state index < -0.39 is 0 Å². The summed E-state index contributed by atoms with van der Waals surface area (Å²) in [5, 5.41) is 1.45. The van der Waals surface area contributed by atoms with E-state index in [4.69, 9.17) is 0 Å². The zero-order valence-corrected chi connectivity index (χ0v) is 16.7. The summed E-state index contributed by atoms with van der Waals surface area (Å²) in [6.07, 6.45) is 1.07. The Hall–Kier alpha value is -1.63. The lowest BCUT2D eigenvalue weighted by atomic mass is 9.87.